The third-order valence-electron chi connectivity index (χ3n) is 3.83. The topological polar surface area (TPSA) is 79.8 Å². The molecular formula is C17H16FN5OS3. The number of hydrogen-bond donors (Lipinski definition) is 2. The van der Waals surface area contributed by atoms with Gasteiger partial charge in [0.15, 0.2) is 9.47 Å². The quantitative estimate of drug-likeness (QED) is 0.547. The fourth-order valence-electron chi connectivity index (χ4n) is 2.21. The highest BCUT2D eigenvalue weighted by Gasteiger charge is 2.23. The molecule has 140 valence electrons. The van der Waals surface area contributed by atoms with E-state index in [9.17, 15) is 9.18 Å². The maximum atomic E-state index is 13.0. The van der Waals surface area contributed by atoms with Crippen LogP contribution in [-0.2, 0) is 4.79 Å². The number of hydrogen-bond acceptors (Lipinski definition) is 8. The molecule has 1 aromatic carbocycles. The molecule has 0 bridgehead atoms. The Kier molecular flexibility index (Phi) is 5.37. The molecule has 0 saturated heterocycles. The fourth-order valence-corrected chi connectivity index (χ4v) is 4.91. The first kappa shape index (κ1) is 18.3. The first-order valence-corrected chi connectivity index (χ1v) is 10.9. The van der Waals surface area contributed by atoms with Gasteiger partial charge in [0.05, 0.1) is 10.9 Å². The van der Waals surface area contributed by atoms with Crippen molar-refractivity contribution in [1.29, 1.82) is 0 Å². The second-order valence-electron chi connectivity index (χ2n) is 6.09. The highest BCUT2D eigenvalue weighted by Crippen LogP contribution is 2.32. The summed E-state index contributed by atoms with van der Waals surface area (Å²) in [6.45, 7) is 1.82. The van der Waals surface area contributed by atoms with Gasteiger partial charge in [0, 0.05) is 17.0 Å². The standard InChI is InChI=1S/C17H16FN5OS3/c1-9(26-17-23-22-16(27-17)19-12-6-7-12)14(24)21-15-20-13(8-25-15)10-2-4-11(18)5-3-10/h2-5,8-9,12H,6-7H2,1H3,(H,19,22)(H,20,21,24). The summed E-state index contributed by atoms with van der Waals surface area (Å²) in [5.74, 6) is -0.438. The Hall–Kier alpha value is -2.04. The average Bonchev–Trinajstić information content (AvgIpc) is 3.15. The molecule has 6 nitrogen and oxygen atoms in total. The van der Waals surface area contributed by atoms with Gasteiger partial charge in [0.2, 0.25) is 11.0 Å². The van der Waals surface area contributed by atoms with Crippen molar-refractivity contribution in [3.8, 4) is 11.3 Å². The maximum Gasteiger partial charge on any atom is 0.239 e. The number of rotatable bonds is 7. The molecule has 1 fully saturated rings. The van der Waals surface area contributed by atoms with E-state index in [1.165, 1.54) is 59.4 Å². The SMILES string of the molecule is CC(Sc1nnc(NC2CC2)s1)C(=O)Nc1nc(-c2ccc(F)cc2)cs1. The van der Waals surface area contributed by atoms with Crippen molar-refractivity contribution in [2.75, 3.05) is 10.6 Å². The summed E-state index contributed by atoms with van der Waals surface area (Å²) in [6, 6.07) is 6.63. The Balaban J connectivity index is 1.34. The molecule has 1 amide bonds. The Bertz CT molecular complexity index is 938. The second kappa shape index (κ2) is 7.91. The summed E-state index contributed by atoms with van der Waals surface area (Å²) in [7, 11) is 0. The lowest BCUT2D eigenvalue weighted by molar-refractivity contribution is -0.115. The lowest BCUT2D eigenvalue weighted by Gasteiger charge is -2.07. The first-order chi connectivity index (χ1) is 13.1. The summed E-state index contributed by atoms with van der Waals surface area (Å²) >= 11 is 4.17. The summed E-state index contributed by atoms with van der Waals surface area (Å²) in [5, 5.41) is 17.2. The van der Waals surface area contributed by atoms with E-state index in [2.05, 4.69) is 25.8 Å². The molecular weight excluding hydrogens is 405 g/mol. The molecule has 2 heterocycles. The van der Waals surface area contributed by atoms with E-state index in [0.29, 0.717) is 16.9 Å². The van der Waals surface area contributed by atoms with Crippen LogP contribution in [0.3, 0.4) is 0 Å². The highest BCUT2D eigenvalue weighted by atomic mass is 32.2. The van der Waals surface area contributed by atoms with Gasteiger partial charge in [-0.15, -0.1) is 21.5 Å². The van der Waals surface area contributed by atoms with Gasteiger partial charge in [-0.3, -0.25) is 4.79 Å². The number of halogens is 1. The van der Waals surface area contributed by atoms with Crippen LogP contribution in [0.2, 0.25) is 0 Å². The molecule has 0 spiro atoms. The average molecular weight is 422 g/mol. The lowest BCUT2D eigenvalue weighted by atomic mass is 10.2. The van der Waals surface area contributed by atoms with E-state index in [4.69, 9.17) is 0 Å². The minimum Gasteiger partial charge on any atom is -0.357 e. The smallest absolute Gasteiger partial charge is 0.239 e. The summed E-state index contributed by atoms with van der Waals surface area (Å²) in [6.07, 6.45) is 2.35. The molecule has 1 aliphatic carbocycles. The van der Waals surface area contributed by atoms with Crippen molar-refractivity contribution in [1.82, 2.24) is 15.2 Å². The van der Waals surface area contributed by atoms with E-state index in [0.717, 1.165) is 15.0 Å². The Morgan fingerprint density at radius 3 is 2.78 bits per heavy atom. The molecule has 2 aromatic heterocycles. The van der Waals surface area contributed by atoms with Crippen molar-refractivity contribution < 1.29 is 9.18 Å². The second-order valence-corrected chi connectivity index (χ2v) is 9.51. The van der Waals surface area contributed by atoms with Crippen LogP contribution in [0.4, 0.5) is 14.7 Å². The third-order valence-corrected chi connectivity index (χ3v) is 6.63. The predicted molar refractivity (Wildman–Crippen MR) is 108 cm³/mol. The van der Waals surface area contributed by atoms with E-state index in [1.807, 2.05) is 12.3 Å². The summed E-state index contributed by atoms with van der Waals surface area (Å²) in [5.41, 5.74) is 1.51. The zero-order valence-corrected chi connectivity index (χ0v) is 16.8. The molecule has 1 aliphatic rings. The van der Waals surface area contributed by atoms with E-state index in [1.54, 1.807) is 12.1 Å². The van der Waals surface area contributed by atoms with Gasteiger partial charge in [-0.2, -0.15) is 0 Å². The number of amides is 1. The van der Waals surface area contributed by atoms with Crippen molar-refractivity contribution in [3.63, 3.8) is 0 Å². The number of thioether (sulfide) groups is 1. The minimum absolute atomic E-state index is 0.146. The Morgan fingerprint density at radius 2 is 2.04 bits per heavy atom. The number of nitrogens with one attached hydrogen (secondary N) is 2. The number of carbonyl (C=O) groups excluding carboxylic acids is 1. The summed E-state index contributed by atoms with van der Waals surface area (Å²) in [4.78, 5) is 16.8. The third kappa shape index (κ3) is 4.82. The van der Waals surface area contributed by atoms with E-state index < -0.39 is 0 Å². The lowest BCUT2D eigenvalue weighted by Crippen LogP contribution is -2.22. The molecule has 1 unspecified atom stereocenters. The number of nitrogens with zero attached hydrogens (tertiary/aromatic N) is 3. The summed E-state index contributed by atoms with van der Waals surface area (Å²) < 4.78 is 13.8. The van der Waals surface area contributed by atoms with E-state index >= 15 is 0 Å². The van der Waals surface area contributed by atoms with Gasteiger partial charge in [0.25, 0.3) is 0 Å². The molecule has 0 aliphatic heterocycles. The van der Waals surface area contributed by atoms with Gasteiger partial charge in [0.1, 0.15) is 5.82 Å². The van der Waals surface area contributed by atoms with Gasteiger partial charge >= 0.3 is 0 Å². The zero-order chi connectivity index (χ0) is 18.8. The van der Waals surface area contributed by atoms with Crippen LogP contribution in [0.1, 0.15) is 19.8 Å². The van der Waals surface area contributed by atoms with Gasteiger partial charge < -0.3 is 10.6 Å². The van der Waals surface area contributed by atoms with Crippen LogP contribution in [0.5, 0.6) is 0 Å². The highest BCUT2D eigenvalue weighted by molar-refractivity contribution is 8.02. The van der Waals surface area contributed by atoms with Crippen LogP contribution in [0, 0.1) is 5.82 Å². The van der Waals surface area contributed by atoms with Crippen LogP contribution < -0.4 is 10.6 Å². The largest absolute Gasteiger partial charge is 0.357 e. The van der Waals surface area contributed by atoms with Crippen molar-refractivity contribution >= 4 is 50.6 Å². The number of thiazole rings is 1. The monoisotopic (exact) mass is 421 g/mol. The normalized spacial score (nSPS) is 14.7. The number of aromatic nitrogens is 3. The molecule has 10 heteroatoms. The van der Waals surface area contributed by atoms with Gasteiger partial charge in [-0.05, 0) is 44.0 Å². The van der Waals surface area contributed by atoms with Crippen molar-refractivity contribution in [2.24, 2.45) is 0 Å². The van der Waals surface area contributed by atoms with Crippen LogP contribution in [0.15, 0.2) is 34.0 Å². The number of anilines is 2. The van der Waals surface area contributed by atoms with Crippen molar-refractivity contribution in [3.05, 3.63) is 35.5 Å². The number of carbonyl (C=O) groups is 1. The number of benzene rings is 1. The Morgan fingerprint density at radius 1 is 1.26 bits per heavy atom. The minimum atomic E-state index is -0.329. The van der Waals surface area contributed by atoms with Gasteiger partial charge in [-0.25, -0.2) is 9.37 Å². The fraction of sp³-hybridized carbons (Fsp3) is 0.294. The predicted octanol–water partition coefficient (Wildman–Crippen LogP) is 4.49. The van der Waals surface area contributed by atoms with Crippen LogP contribution in [0.25, 0.3) is 11.3 Å². The van der Waals surface area contributed by atoms with Crippen LogP contribution in [-0.4, -0.2) is 32.4 Å². The molecule has 2 N–H and O–H groups in total. The van der Waals surface area contributed by atoms with Gasteiger partial charge in [-0.1, -0.05) is 23.1 Å². The molecule has 0 radical (unpaired) electrons. The Labute approximate surface area is 167 Å². The molecule has 27 heavy (non-hydrogen) atoms. The zero-order valence-electron chi connectivity index (χ0n) is 14.3. The van der Waals surface area contributed by atoms with Crippen molar-refractivity contribution in [2.45, 2.75) is 35.4 Å². The van der Waals surface area contributed by atoms with E-state index in [-0.39, 0.29) is 17.0 Å². The molecule has 3 aromatic rings. The maximum absolute atomic E-state index is 13.0. The molecule has 1 atom stereocenters. The first-order valence-electron chi connectivity index (χ1n) is 8.36. The van der Waals surface area contributed by atoms with Crippen LogP contribution >= 0.6 is 34.4 Å². The molecule has 4 rings (SSSR count). The molecule has 1 saturated carbocycles.